The molecule has 4 aromatic rings. The summed E-state index contributed by atoms with van der Waals surface area (Å²) in [6, 6.07) is 22.7. The molecule has 3 aromatic carbocycles. The molecular weight excluding hydrogens is 517 g/mol. The summed E-state index contributed by atoms with van der Waals surface area (Å²) in [6.45, 7) is 0. The van der Waals surface area contributed by atoms with Crippen LogP contribution in [0.15, 0.2) is 101 Å². The number of allylic oxidation sites excluding steroid dienone is 1. The standard InChI is InChI=1S/C27H15F3N4O3S/c28-27(29,30)24-15-21(18-7-3-1-4-8-18)32-26(33-24)38-23-12-11-17(14-22(23)34(36)37)13-20(16-31)25(35)19-9-5-2-6-10-19/h1-15H. The van der Waals surface area contributed by atoms with Crippen LogP contribution in [0.3, 0.4) is 0 Å². The summed E-state index contributed by atoms with van der Waals surface area (Å²) in [5, 5.41) is 20.9. The van der Waals surface area contributed by atoms with Crippen LogP contribution >= 0.6 is 11.8 Å². The largest absolute Gasteiger partial charge is 0.433 e. The number of ketones is 1. The van der Waals surface area contributed by atoms with Gasteiger partial charge in [-0.05, 0) is 35.5 Å². The van der Waals surface area contributed by atoms with Crippen LogP contribution in [0.5, 0.6) is 0 Å². The molecule has 0 fully saturated rings. The van der Waals surface area contributed by atoms with Crippen LogP contribution in [0.25, 0.3) is 17.3 Å². The van der Waals surface area contributed by atoms with Gasteiger partial charge in [-0.1, -0.05) is 66.7 Å². The lowest BCUT2D eigenvalue weighted by Gasteiger charge is -2.11. The van der Waals surface area contributed by atoms with Crippen molar-refractivity contribution in [2.75, 3.05) is 0 Å². The SMILES string of the molecule is N#CC(=Cc1ccc(Sc2nc(-c3ccccc3)cc(C(F)(F)F)n2)c([N+](=O)[O-])c1)C(=O)c1ccccc1. The highest BCUT2D eigenvalue weighted by Gasteiger charge is 2.34. The summed E-state index contributed by atoms with van der Waals surface area (Å²) < 4.78 is 40.6. The Kier molecular flexibility index (Phi) is 7.64. The molecule has 188 valence electrons. The Hall–Kier alpha value is -4.82. The van der Waals surface area contributed by atoms with E-state index in [0.717, 1.165) is 12.1 Å². The normalized spacial score (nSPS) is 11.6. The number of aromatic nitrogens is 2. The van der Waals surface area contributed by atoms with E-state index in [-0.39, 0.29) is 32.4 Å². The van der Waals surface area contributed by atoms with Gasteiger partial charge in [-0.3, -0.25) is 14.9 Å². The number of benzene rings is 3. The van der Waals surface area contributed by atoms with Crippen LogP contribution < -0.4 is 0 Å². The predicted octanol–water partition coefficient (Wildman–Crippen LogP) is 7.01. The molecule has 38 heavy (non-hydrogen) atoms. The fraction of sp³-hybridized carbons (Fsp3) is 0.0370. The first-order chi connectivity index (χ1) is 18.2. The zero-order valence-electron chi connectivity index (χ0n) is 19.2. The summed E-state index contributed by atoms with van der Waals surface area (Å²) in [5.41, 5.74) is -0.973. The van der Waals surface area contributed by atoms with E-state index in [1.807, 2.05) is 0 Å². The highest BCUT2D eigenvalue weighted by Crippen LogP contribution is 2.37. The molecule has 0 radical (unpaired) electrons. The van der Waals surface area contributed by atoms with Gasteiger partial charge in [0.05, 0.1) is 15.5 Å². The van der Waals surface area contributed by atoms with E-state index in [0.29, 0.717) is 17.3 Å². The Morgan fingerprint density at radius 1 is 0.974 bits per heavy atom. The van der Waals surface area contributed by atoms with Crippen molar-refractivity contribution in [2.45, 2.75) is 16.2 Å². The maximum atomic E-state index is 13.5. The monoisotopic (exact) mass is 532 g/mol. The molecule has 0 saturated heterocycles. The smallest absolute Gasteiger partial charge is 0.288 e. The lowest BCUT2D eigenvalue weighted by molar-refractivity contribution is -0.387. The zero-order chi connectivity index (χ0) is 27.3. The predicted molar refractivity (Wildman–Crippen MR) is 134 cm³/mol. The van der Waals surface area contributed by atoms with Crippen LogP contribution in [0.4, 0.5) is 18.9 Å². The molecule has 1 aromatic heterocycles. The Balaban J connectivity index is 1.72. The maximum Gasteiger partial charge on any atom is 0.433 e. The Morgan fingerprint density at radius 3 is 2.24 bits per heavy atom. The van der Waals surface area contributed by atoms with Crippen LogP contribution in [-0.2, 0) is 6.18 Å². The second-order valence-electron chi connectivity index (χ2n) is 7.74. The zero-order valence-corrected chi connectivity index (χ0v) is 20.0. The van der Waals surface area contributed by atoms with Crippen molar-refractivity contribution in [3.63, 3.8) is 0 Å². The van der Waals surface area contributed by atoms with Crippen molar-refractivity contribution in [1.29, 1.82) is 5.26 Å². The molecule has 0 unspecified atom stereocenters. The van der Waals surface area contributed by atoms with Gasteiger partial charge in [0.15, 0.2) is 5.16 Å². The lowest BCUT2D eigenvalue weighted by atomic mass is 10.0. The summed E-state index contributed by atoms with van der Waals surface area (Å²) in [5.74, 6) is -0.556. The summed E-state index contributed by atoms with van der Waals surface area (Å²) in [7, 11) is 0. The number of nitriles is 1. The van der Waals surface area contributed by atoms with E-state index in [4.69, 9.17) is 0 Å². The van der Waals surface area contributed by atoms with Crippen molar-refractivity contribution >= 4 is 29.3 Å². The van der Waals surface area contributed by atoms with E-state index < -0.39 is 28.3 Å². The molecule has 0 N–H and O–H groups in total. The molecule has 0 atom stereocenters. The van der Waals surface area contributed by atoms with Crippen LogP contribution in [0, 0.1) is 21.4 Å². The third-order valence-electron chi connectivity index (χ3n) is 5.16. The van der Waals surface area contributed by atoms with E-state index in [1.165, 1.54) is 30.3 Å². The lowest BCUT2D eigenvalue weighted by Crippen LogP contribution is -2.10. The van der Waals surface area contributed by atoms with Crippen LogP contribution in [0.2, 0.25) is 0 Å². The molecule has 0 aliphatic carbocycles. The number of halogens is 3. The van der Waals surface area contributed by atoms with Crippen LogP contribution in [-0.4, -0.2) is 20.7 Å². The summed E-state index contributed by atoms with van der Waals surface area (Å²) >= 11 is 0.602. The molecule has 11 heteroatoms. The molecule has 0 aliphatic heterocycles. The van der Waals surface area contributed by atoms with Gasteiger partial charge in [-0.25, -0.2) is 9.97 Å². The van der Waals surface area contributed by atoms with Gasteiger partial charge < -0.3 is 0 Å². The quantitative estimate of drug-likeness (QED) is 0.0629. The topological polar surface area (TPSA) is 110 Å². The van der Waals surface area contributed by atoms with Gasteiger partial charge in [0.25, 0.3) is 5.69 Å². The van der Waals surface area contributed by atoms with Crippen molar-refractivity contribution < 1.29 is 22.9 Å². The van der Waals surface area contributed by atoms with Crippen molar-refractivity contribution in [2.24, 2.45) is 0 Å². The van der Waals surface area contributed by atoms with Gasteiger partial charge >= 0.3 is 6.18 Å². The highest BCUT2D eigenvalue weighted by molar-refractivity contribution is 7.99. The Morgan fingerprint density at radius 2 is 1.63 bits per heavy atom. The fourth-order valence-corrected chi connectivity index (χ4v) is 4.24. The first-order valence-electron chi connectivity index (χ1n) is 10.9. The molecule has 4 rings (SSSR count). The molecule has 1 heterocycles. The summed E-state index contributed by atoms with van der Waals surface area (Å²) in [4.78, 5) is 31.5. The second-order valence-corrected chi connectivity index (χ2v) is 8.75. The number of rotatable bonds is 7. The van der Waals surface area contributed by atoms with Gasteiger partial charge in [0, 0.05) is 17.2 Å². The van der Waals surface area contributed by atoms with Gasteiger partial charge in [-0.15, -0.1) is 0 Å². The molecule has 0 spiro atoms. The van der Waals surface area contributed by atoms with Gasteiger partial charge in [-0.2, -0.15) is 18.4 Å². The third-order valence-corrected chi connectivity index (χ3v) is 6.09. The number of carbonyl (C=O) groups is 1. The number of nitrogens with zero attached hydrogens (tertiary/aromatic N) is 4. The van der Waals surface area contributed by atoms with Gasteiger partial charge in [0.2, 0.25) is 5.78 Å². The number of carbonyl (C=O) groups excluding carboxylic acids is 1. The first-order valence-corrected chi connectivity index (χ1v) is 11.7. The number of nitro benzene ring substituents is 1. The second kappa shape index (κ2) is 11.1. The molecular formula is C27H15F3N4O3S. The number of nitro groups is 1. The number of hydrogen-bond donors (Lipinski definition) is 0. The number of Topliss-reactive ketones (excluding diaryl/α,β-unsaturated/α-hetero) is 1. The van der Waals surface area contributed by atoms with Gasteiger partial charge in [0.1, 0.15) is 17.3 Å². The minimum atomic E-state index is -4.76. The number of alkyl halides is 3. The third kappa shape index (κ3) is 6.11. The van der Waals surface area contributed by atoms with Crippen molar-refractivity contribution in [1.82, 2.24) is 9.97 Å². The molecule has 0 amide bonds. The molecule has 0 bridgehead atoms. The van der Waals surface area contributed by atoms with Crippen molar-refractivity contribution in [3.05, 3.63) is 117 Å². The van der Waals surface area contributed by atoms with Crippen molar-refractivity contribution in [3.8, 4) is 17.3 Å². The highest BCUT2D eigenvalue weighted by atomic mass is 32.2. The van der Waals surface area contributed by atoms with E-state index in [1.54, 1.807) is 54.6 Å². The fourth-order valence-electron chi connectivity index (χ4n) is 3.38. The molecule has 7 nitrogen and oxygen atoms in total. The average Bonchev–Trinajstić information content (AvgIpc) is 2.92. The maximum absolute atomic E-state index is 13.5. The average molecular weight is 533 g/mol. The van der Waals surface area contributed by atoms with E-state index in [9.17, 15) is 33.3 Å². The molecule has 0 aliphatic rings. The summed E-state index contributed by atoms with van der Waals surface area (Å²) in [6.07, 6.45) is -3.55. The van der Waals surface area contributed by atoms with E-state index >= 15 is 0 Å². The Bertz CT molecular complexity index is 1590. The number of hydrogen-bond acceptors (Lipinski definition) is 7. The van der Waals surface area contributed by atoms with Crippen LogP contribution in [0.1, 0.15) is 21.6 Å². The minimum Gasteiger partial charge on any atom is -0.288 e. The first kappa shape index (κ1) is 26.2. The molecule has 0 saturated carbocycles. The Labute approximate surface area is 218 Å². The minimum absolute atomic E-state index is 0.00992. The van der Waals surface area contributed by atoms with E-state index in [2.05, 4.69) is 9.97 Å².